The van der Waals surface area contributed by atoms with Gasteiger partial charge in [-0.05, 0) is 0 Å². The Labute approximate surface area is 75.6 Å². The van der Waals surface area contributed by atoms with Crippen molar-refractivity contribution in [1.29, 1.82) is 5.26 Å². The van der Waals surface area contributed by atoms with E-state index in [1.807, 2.05) is 6.07 Å². The normalized spacial score (nSPS) is 11.8. The largest absolute Gasteiger partial charge is 0.480 e. The average Bonchev–Trinajstić information content (AvgIpc) is 2.20. The number of aromatic nitrogens is 2. The van der Waals surface area contributed by atoms with Crippen molar-refractivity contribution in [2.24, 2.45) is 0 Å². The summed E-state index contributed by atoms with van der Waals surface area (Å²) in [5.41, 5.74) is 0.421. The maximum atomic E-state index is 8.81. The summed E-state index contributed by atoms with van der Waals surface area (Å²) in [6.45, 7) is -0.266. The summed E-state index contributed by atoms with van der Waals surface area (Å²) in [4.78, 5) is 7.79. The second-order valence-corrected chi connectivity index (χ2v) is 2.35. The van der Waals surface area contributed by atoms with Crippen molar-refractivity contribution in [3.05, 3.63) is 18.1 Å². The van der Waals surface area contributed by atoms with E-state index in [9.17, 15) is 0 Å². The van der Waals surface area contributed by atoms with Crippen molar-refractivity contribution >= 4 is 0 Å². The highest BCUT2D eigenvalue weighted by molar-refractivity contribution is 5.17. The zero-order chi connectivity index (χ0) is 9.68. The average molecular weight is 179 g/mol. The quantitative estimate of drug-likeness (QED) is 0.711. The summed E-state index contributed by atoms with van der Waals surface area (Å²) in [6.07, 6.45) is 2.88. The van der Waals surface area contributed by atoms with Gasteiger partial charge < -0.3 is 9.84 Å². The highest BCUT2D eigenvalue weighted by atomic mass is 16.5. The molecule has 1 heterocycles. The SMILES string of the molecule is COc1cncc(C(C#N)CO)n1. The first-order valence-electron chi connectivity index (χ1n) is 3.68. The van der Waals surface area contributed by atoms with Crippen LogP contribution in [0.15, 0.2) is 12.4 Å². The van der Waals surface area contributed by atoms with E-state index < -0.39 is 5.92 Å². The summed E-state index contributed by atoms with van der Waals surface area (Å²) in [7, 11) is 1.47. The maximum absolute atomic E-state index is 8.81. The molecule has 0 saturated heterocycles. The second kappa shape index (κ2) is 4.38. The van der Waals surface area contributed by atoms with Gasteiger partial charge in [-0.2, -0.15) is 5.26 Å². The Morgan fingerprint density at radius 1 is 1.69 bits per heavy atom. The minimum Gasteiger partial charge on any atom is -0.480 e. The highest BCUT2D eigenvalue weighted by Gasteiger charge is 2.11. The van der Waals surface area contributed by atoms with Crippen molar-refractivity contribution < 1.29 is 9.84 Å². The predicted molar refractivity (Wildman–Crippen MR) is 44.0 cm³/mol. The van der Waals surface area contributed by atoms with E-state index in [1.54, 1.807) is 0 Å². The standard InChI is InChI=1S/C8H9N3O2/c1-13-8-4-10-3-7(11-8)6(2-9)5-12/h3-4,6,12H,5H2,1H3. The third kappa shape index (κ3) is 2.13. The van der Waals surface area contributed by atoms with E-state index in [1.165, 1.54) is 19.5 Å². The van der Waals surface area contributed by atoms with Gasteiger partial charge in [0.15, 0.2) is 0 Å². The van der Waals surface area contributed by atoms with E-state index >= 15 is 0 Å². The Hall–Kier alpha value is -1.67. The first-order chi connectivity index (χ1) is 6.31. The molecule has 13 heavy (non-hydrogen) atoms. The molecule has 0 aliphatic heterocycles. The van der Waals surface area contributed by atoms with Crippen LogP contribution in [0.2, 0.25) is 0 Å². The van der Waals surface area contributed by atoms with Gasteiger partial charge in [0.2, 0.25) is 5.88 Å². The van der Waals surface area contributed by atoms with Gasteiger partial charge in [0, 0.05) is 0 Å². The Morgan fingerprint density at radius 3 is 3.00 bits per heavy atom. The lowest BCUT2D eigenvalue weighted by Gasteiger charge is -2.04. The van der Waals surface area contributed by atoms with Crippen LogP contribution >= 0.6 is 0 Å². The molecule has 1 N–H and O–H groups in total. The second-order valence-electron chi connectivity index (χ2n) is 2.35. The molecule has 0 fully saturated rings. The number of ether oxygens (including phenoxy) is 1. The molecule has 1 aromatic heterocycles. The topological polar surface area (TPSA) is 79.0 Å². The molecule has 0 aliphatic carbocycles. The van der Waals surface area contributed by atoms with Crippen LogP contribution in [0.1, 0.15) is 11.6 Å². The monoisotopic (exact) mass is 179 g/mol. The number of rotatable bonds is 3. The molecule has 5 nitrogen and oxygen atoms in total. The third-order valence-electron chi connectivity index (χ3n) is 1.54. The fourth-order valence-electron chi connectivity index (χ4n) is 0.829. The van der Waals surface area contributed by atoms with Crippen LogP contribution in [0, 0.1) is 11.3 Å². The maximum Gasteiger partial charge on any atom is 0.232 e. The number of hydrogen-bond donors (Lipinski definition) is 1. The lowest BCUT2D eigenvalue weighted by Crippen LogP contribution is -2.05. The molecule has 0 aromatic carbocycles. The van der Waals surface area contributed by atoms with Crippen LogP contribution in [0.5, 0.6) is 5.88 Å². The van der Waals surface area contributed by atoms with Crippen LogP contribution in [0.25, 0.3) is 0 Å². The Bertz CT molecular complexity index is 321. The molecule has 1 unspecified atom stereocenters. The smallest absolute Gasteiger partial charge is 0.232 e. The molecule has 0 amide bonds. The summed E-state index contributed by atoms with van der Waals surface area (Å²) in [6, 6.07) is 1.91. The highest BCUT2D eigenvalue weighted by Crippen LogP contribution is 2.13. The van der Waals surface area contributed by atoms with Crippen molar-refractivity contribution in [2.75, 3.05) is 13.7 Å². The zero-order valence-corrected chi connectivity index (χ0v) is 7.14. The Balaban J connectivity index is 2.94. The number of aliphatic hydroxyl groups is 1. The van der Waals surface area contributed by atoms with E-state index in [-0.39, 0.29) is 6.61 Å². The van der Waals surface area contributed by atoms with Gasteiger partial charge in [0.25, 0.3) is 0 Å². The van der Waals surface area contributed by atoms with Crippen LogP contribution in [0.4, 0.5) is 0 Å². The summed E-state index contributed by atoms with van der Waals surface area (Å²) in [5, 5.41) is 17.4. The molecule has 5 heteroatoms. The Morgan fingerprint density at radius 2 is 2.46 bits per heavy atom. The molecular formula is C8H9N3O2. The van der Waals surface area contributed by atoms with Gasteiger partial charge in [-0.25, -0.2) is 4.98 Å². The van der Waals surface area contributed by atoms with Crippen molar-refractivity contribution in [3.63, 3.8) is 0 Å². The molecule has 1 atom stereocenters. The minimum absolute atomic E-state index is 0.266. The molecule has 68 valence electrons. The molecule has 1 rings (SSSR count). The van der Waals surface area contributed by atoms with Crippen molar-refractivity contribution in [2.45, 2.75) is 5.92 Å². The minimum atomic E-state index is -0.636. The first-order valence-corrected chi connectivity index (χ1v) is 3.68. The van der Waals surface area contributed by atoms with Gasteiger partial charge in [-0.1, -0.05) is 0 Å². The fourth-order valence-corrected chi connectivity index (χ4v) is 0.829. The number of hydrogen-bond acceptors (Lipinski definition) is 5. The van der Waals surface area contributed by atoms with Gasteiger partial charge in [0.05, 0.1) is 37.9 Å². The molecule has 0 spiro atoms. The van der Waals surface area contributed by atoms with E-state index in [4.69, 9.17) is 15.1 Å². The number of methoxy groups -OCH3 is 1. The summed E-state index contributed by atoms with van der Waals surface area (Å²) in [5.74, 6) is -0.297. The van der Waals surface area contributed by atoms with Crippen LogP contribution < -0.4 is 4.74 Å². The van der Waals surface area contributed by atoms with E-state index in [0.29, 0.717) is 11.6 Å². The van der Waals surface area contributed by atoms with Crippen LogP contribution in [-0.2, 0) is 0 Å². The Kier molecular flexibility index (Phi) is 3.17. The molecular weight excluding hydrogens is 170 g/mol. The van der Waals surface area contributed by atoms with Gasteiger partial charge in [-0.15, -0.1) is 0 Å². The lowest BCUT2D eigenvalue weighted by molar-refractivity contribution is 0.283. The fraction of sp³-hybridized carbons (Fsp3) is 0.375. The summed E-state index contributed by atoms with van der Waals surface area (Å²) < 4.78 is 4.83. The lowest BCUT2D eigenvalue weighted by atomic mass is 10.1. The first kappa shape index (κ1) is 9.42. The third-order valence-corrected chi connectivity index (χ3v) is 1.54. The predicted octanol–water partition coefficient (Wildman–Crippen LogP) is 0.0847. The summed E-state index contributed by atoms with van der Waals surface area (Å²) >= 11 is 0. The van der Waals surface area contributed by atoms with E-state index in [2.05, 4.69) is 9.97 Å². The van der Waals surface area contributed by atoms with Crippen LogP contribution in [-0.4, -0.2) is 28.8 Å². The van der Waals surface area contributed by atoms with Gasteiger partial charge in [-0.3, -0.25) is 4.98 Å². The van der Waals surface area contributed by atoms with Crippen molar-refractivity contribution in [1.82, 2.24) is 9.97 Å². The molecule has 0 aliphatic rings. The zero-order valence-electron chi connectivity index (χ0n) is 7.14. The molecule has 1 aromatic rings. The number of nitrogens with zero attached hydrogens (tertiary/aromatic N) is 3. The number of nitriles is 1. The van der Waals surface area contributed by atoms with E-state index in [0.717, 1.165) is 0 Å². The number of aliphatic hydroxyl groups excluding tert-OH is 1. The van der Waals surface area contributed by atoms with Crippen LogP contribution in [0.3, 0.4) is 0 Å². The van der Waals surface area contributed by atoms with Gasteiger partial charge >= 0.3 is 0 Å². The van der Waals surface area contributed by atoms with Crippen molar-refractivity contribution in [3.8, 4) is 11.9 Å². The molecule has 0 radical (unpaired) electrons. The molecule has 0 saturated carbocycles. The van der Waals surface area contributed by atoms with Gasteiger partial charge in [0.1, 0.15) is 5.92 Å². The molecule has 0 bridgehead atoms.